The van der Waals surface area contributed by atoms with Gasteiger partial charge in [-0.25, -0.2) is 0 Å². The van der Waals surface area contributed by atoms with Gasteiger partial charge >= 0.3 is 0 Å². The van der Waals surface area contributed by atoms with Crippen LogP contribution < -0.4 is 0 Å². The molecule has 0 aliphatic heterocycles. The molecule has 52 valence electrons. The minimum atomic E-state index is 1.75. The van der Waals surface area contributed by atoms with E-state index in [1.54, 1.807) is 6.08 Å². The van der Waals surface area contributed by atoms with Crippen LogP contribution in [0, 0.1) is 0 Å². The second-order valence-corrected chi connectivity index (χ2v) is 1.43. The molecule has 0 heterocycles. The number of hydrogen-bond donors (Lipinski definition) is 0. The van der Waals surface area contributed by atoms with Gasteiger partial charge in [0, 0.05) is 0 Å². The van der Waals surface area contributed by atoms with Crippen LogP contribution in [0.25, 0.3) is 0 Å². The minimum Gasteiger partial charge on any atom is -0.0991 e. The van der Waals surface area contributed by atoms with E-state index in [0.717, 1.165) is 0 Å². The molecule has 0 unspecified atom stereocenters. The fraction of sp³-hybridized carbons (Fsp3) is 0.333. The topological polar surface area (TPSA) is 0 Å². The highest BCUT2D eigenvalue weighted by Crippen LogP contribution is 1.64. The van der Waals surface area contributed by atoms with Crippen molar-refractivity contribution in [2.24, 2.45) is 0 Å². The zero-order valence-electron chi connectivity index (χ0n) is 6.59. The molecule has 0 spiro atoms. The highest BCUT2D eigenvalue weighted by Gasteiger charge is 1.42. The standard InChI is InChI=1S/C5H8.C4H8/c1-3-5-4-2;1-3-4-2/h3-5H,1H2,2H3;3-4H,1-2H3/b5-4+;4-3-. The molecule has 0 fully saturated rings. The fourth-order valence-corrected chi connectivity index (χ4v) is 0.136. The summed E-state index contributed by atoms with van der Waals surface area (Å²) >= 11 is 0. The zero-order valence-corrected chi connectivity index (χ0v) is 6.59. The molecule has 0 rings (SSSR count). The maximum absolute atomic E-state index is 3.46. The van der Waals surface area contributed by atoms with E-state index in [2.05, 4.69) is 6.58 Å². The minimum absolute atomic E-state index is 1.75. The monoisotopic (exact) mass is 124 g/mol. The van der Waals surface area contributed by atoms with Crippen LogP contribution in [0.1, 0.15) is 20.8 Å². The third-order valence-electron chi connectivity index (χ3n) is 0.662. The molecule has 0 aromatic carbocycles. The Balaban J connectivity index is 0. The molecule has 0 aromatic rings. The Hall–Kier alpha value is -0.780. The Bertz CT molecular complexity index is 82.2. The van der Waals surface area contributed by atoms with Crippen LogP contribution >= 0.6 is 0 Å². The quantitative estimate of drug-likeness (QED) is 0.371. The lowest BCUT2D eigenvalue weighted by Crippen LogP contribution is -1.33. The molecule has 0 radical (unpaired) electrons. The van der Waals surface area contributed by atoms with Gasteiger partial charge in [0.25, 0.3) is 0 Å². The maximum Gasteiger partial charge on any atom is -0.0467 e. The third kappa shape index (κ3) is 39.9. The third-order valence-corrected chi connectivity index (χ3v) is 0.662. The normalized spacial score (nSPS) is 9.22. The largest absolute Gasteiger partial charge is 0.0991 e. The van der Waals surface area contributed by atoms with Gasteiger partial charge in [-0.1, -0.05) is 37.0 Å². The molecule has 0 aliphatic rings. The van der Waals surface area contributed by atoms with Gasteiger partial charge in [-0.15, -0.1) is 0 Å². The highest BCUT2D eigenvalue weighted by molar-refractivity contribution is 4.94. The first-order valence-electron chi connectivity index (χ1n) is 3.14. The van der Waals surface area contributed by atoms with E-state index >= 15 is 0 Å². The van der Waals surface area contributed by atoms with Crippen LogP contribution in [-0.2, 0) is 0 Å². The lowest BCUT2D eigenvalue weighted by molar-refractivity contribution is 1.64. The van der Waals surface area contributed by atoms with Crippen molar-refractivity contribution in [2.45, 2.75) is 20.8 Å². The molecule has 0 aromatic heterocycles. The average Bonchev–Trinajstić information content (AvgIpc) is 1.91. The molecule has 0 nitrogen and oxygen atoms in total. The summed E-state index contributed by atoms with van der Waals surface area (Å²) < 4.78 is 0. The highest BCUT2D eigenvalue weighted by atomic mass is 13.5. The maximum atomic E-state index is 3.46. The molecule has 0 N–H and O–H groups in total. The number of allylic oxidation sites excluding steroid dienone is 5. The van der Waals surface area contributed by atoms with Crippen molar-refractivity contribution >= 4 is 0 Å². The van der Waals surface area contributed by atoms with Crippen LogP contribution in [0.15, 0.2) is 37.0 Å². The van der Waals surface area contributed by atoms with E-state index in [0.29, 0.717) is 0 Å². The molecular weight excluding hydrogens is 108 g/mol. The van der Waals surface area contributed by atoms with Crippen molar-refractivity contribution in [3.63, 3.8) is 0 Å². The molecule has 0 bridgehead atoms. The summed E-state index contributed by atoms with van der Waals surface area (Å²) in [4.78, 5) is 0. The van der Waals surface area contributed by atoms with Crippen LogP contribution in [0.4, 0.5) is 0 Å². The van der Waals surface area contributed by atoms with Crippen molar-refractivity contribution in [3.05, 3.63) is 37.0 Å². The van der Waals surface area contributed by atoms with Crippen molar-refractivity contribution in [1.82, 2.24) is 0 Å². The number of hydrogen-bond acceptors (Lipinski definition) is 0. The van der Waals surface area contributed by atoms with Gasteiger partial charge in [0.05, 0.1) is 0 Å². The van der Waals surface area contributed by atoms with Gasteiger partial charge in [0.15, 0.2) is 0 Å². The van der Waals surface area contributed by atoms with Gasteiger partial charge in [0.2, 0.25) is 0 Å². The SMILES string of the molecule is C/C=C\C.C=C/C=C/C. The van der Waals surface area contributed by atoms with E-state index in [9.17, 15) is 0 Å². The summed E-state index contributed by atoms with van der Waals surface area (Å²) in [6, 6.07) is 0. The van der Waals surface area contributed by atoms with Gasteiger partial charge in [0.1, 0.15) is 0 Å². The predicted octanol–water partition coefficient (Wildman–Crippen LogP) is 3.33. The molecule has 0 amide bonds. The smallest absolute Gasteiger partial charge is 0.0467 e. The van der Waals surface area contributed by atoms with Gasteiger partial charge in [-0.2, -0.15) is 0 Å². The van der Waals surface area contributed by atoms with Gasteiger partial charge in [-0.05, 0) is 20.8 Å². The average molecular weight is 124 g/mol. The molecule has 9 heavy (non-hydrogen) atoms. The van der Waals surface area contributed by atoms with Crippen LogP contribution in [-0.4, -0.2) is 0 Å². The van der Waals surface area contributed by atoms with Crippen molar-refractivity contribution in [1.29, 1.82) is 0 Å². The second kappa shape index (κ2) is 15.7. The Morgan fingerprint density at radius 3 is 1.33 bits per heavy atom. The Morgan fingerprint density at radius 2 is 1.33 bits per heavy atom. The van der Waals surface area contributed by atoms with E-state index in [4.69, 9.17) is 0 Å². The van der Waals surface area contributed by atoms with Crippen molar-refractivity contribution < 1.29 is 0 Å². The van der Waals surface area contributed by atoms with Crippen molar-refractivity contribution in [2.75, 3.05) is 0 Å². The molecule has 0 heteroatoms. The first kappa shape index (κ1) is 11.1. The van der Waals surface area contributed by atoms with E-state index in [1.807, 2.05) is 45.1 Å². The number of rotatable bonds is 1. The second-order valence-electron chi connectivity index (χ2n) is 1.43. The summed E-state index contributed by atoms with van der Waals surface area (Å²) in [6.07, 6.45) is 9.58. The Morgan fingerprint density at radius 1 is 0.889 bits per heavy atom. The molecule has 0 saturated carbocycles. The van der Waals surface area contributed by atoms with Crippen LogP contribution in [0.3, 0.4) is 0 Å². The van der Waals surface area contributed by atoms with E-state index in [-0.39, 0.29) is 0 Å². The molecule has 0 aliphatic carbocycles. The van der Waals surface area contributed by atoms with E-state index < -0.39 is 0 Å². The zero-order chi connectivity index (χ0) is 7.54. The summed E-state index contributed by atoms with van der Waals surface area (Å²) in [7, 11) is 0. The van der Waals surface area contributed by atoms with E-state index in [1.165, 1.54) is 0 Å². The fourth-order valence-electron chi connectivity index (χ4n) is 0.136. The summed E-state index contributed by atoms with van der Waals surface area (Å²) in [6.45, 7) is 9.42. The Labute approximate surface area is 58.6 Å². The first-order chi connectivity index (χ1) is 4.33. The molecule has 0 saturated heterocycles. The van der Waals surface area contributed by atoms with Gasteiger partial charge in [-0.3, -0.25) is 0 Å². The lowest BCUT2D eigenvalue weighted by atomic mass is 10.5. The molecule has 0 atom stereocenters. The first-order valence-corrected chi connectivity index (χ1v) is 3.14. The van der Waals surface area contributed by atoms with Crippen LogP contribution in [0.2, 0.25) is 0 Å². The summed E-state index contributed by atoms with van der Waals surface area (Å²) in [5.41, 5.74) is 0. The molecular formula is C9H16. The van der Waals surface area contributed by atoms with Gasteiger partial charge < -0.3 is 0 Å². The summed E-state index contributed by atoms with van der Waals surface area (Å²) in [5.74, 6) is 0. The lowest BCUT2D eigenvalue weighted by Gasteiger charge is -1.56. The Kier molecular flexibility index (Phi) is 19.3. The predicted molar refractivity (Wildman–Crippen MR) is 45.5 cm³/mol. The van der Waals surface area contributed by atoms with Crippen molar-refractivity contribution in [3.8, 4) is 0 Å². The summed E-state index contributed by atoms with van der Waals surface area (Å²) in [5, 5.41) is 0. The van der Waals surface area contributed by atoms with Crippen LogP contribution in [0.5, 0.6) is 0 Å².